The molecule has 8 heteroatoms. The number of carbonyl (C=O) groups excluding carboxylic acids is 1. The minimum atomic E-state index is -0.546. The largest absolute Gasteiger partial charge is 0.493 e. The Morgan fingerprint density at radius 2 is 2.00 bits per heavy atom. The van der Waals surface area contributed by atoms with Gasteiger partial charge in [0, 0.05) is 17.2 Å². The van der Waals surface area contributed by atoms with Gasteiger partial charge in [0.25, 0.3) is 5.91 Å². The fourth-order valence-corrected chi connectivity index (χ4v) is 2.25. The number of nitrogens with one attached hydrogen (secondary N) is 1. The molecule has 0 spiro atoms. The number of ether oxygens (including phenoxy) is 2. The van der Waals surface area contributed by atoms with Gasteiger partial charge in [-0.1, -0.05) is 24.6 Å². The number of nitro groups is 1. The highest BCUT2D eigenvalue weighted by Crippen LogP contribution is 2.38. The summed E-state index contributed by atoms with van der Waals surface area (Å²) in [4.78, 5) is 22.8. The molecule has 0 fully saturated rings. The molecular formula is C19H21N3O5. The number of carbonyl (C=O) groups is 1. The average molecular weight is 371 g/mol. The Hall–Kier alpha value is -3.42. The molecule has 2 rings (SSSR count). The van der Waals surface area contributed by atoms with Crippen LogP contribution in [-0.2, 0) is 0 Å². The van der Waals surface area contributed by atoms with Gasteiger partial charge in [-0.25, -0.2) is 5.43 Å². The van der Waals surface area contributed by atoms with E-state index in [1.165, 1.54) is 19.4 Å². The van der Waals surface area contributed by atoms with Crippen molar-refractivity contribution in [1.82, 2.24) is 5.43 Å². The molecular weight excluding hydrogens is 350 g/mol. The van der Waals surface area contributed by atoms with E-state index >= 15 is 0 Å². The van der Waals surface area contributed by atoms with Crippen LogP contribution < -0.4 is 14.9 Å². The molecule has 27 heavy (non-hydrogen) atoms. The fourth-order valence-electron chi connectivity index (χ4n) is 2.25. The van der Waals surface area contributed by atoms with E-state index in [1.807, 2.05) is 26.0 Å². The van der Waals surface area contributed by atoms with Crippen molar-refractivity contribution >= 4 is 17.8 Å². The van der Waals surface area contributed by atoms with E-state index < -0.39 is 4.92 Å². The smallest absolute Gasteiger partial charge is 0.315 e. The predicted octanol–water partition coefficient (Wildman–Crippen LogP) is 3.46. The first kappa shape index (κ1) is 19.9. The predicted molar refractivity (Wildman–Crippen MR) is 102 cm³/mol. The Balaban J connectivity index is 2.21. The van der Waals surface area contributed by atoms with Crippen LogP contribution >= 0.6 is 0 Å². The zero-order valence-corrected chi connectivity index (χ0v) is 15.4. The van der Waals surface area contributed by atoms with Gasteiger partial charge in [0.05, 0.1) is 24.9 Å². The topological polar surface area (TPSA) is 103 Å². The summed E-state index contributed by atoms with van der Waals surface area (Å²) in [6.45, 7) is 4.15. The molecule has 1 N–H and O–H groups in total. The molecule has 2 aromatic carbocycles. The lowest BCUT2D eigenvalue weighted by atomic mass is 10.1. The van der Waals surface area contributed by atoms with Crippen LogP contribution in [0.2, 0.25) is 0 Å². The van der Waals surface area contributed by atoms with Crippen molar-refractivity contribution in [3.8, 4) is 11.5 Å². The molecule has 0 aliphatic heterocycles. The van der Waals surface area contributed by atoms with Crippen LogP contribution in [0.3, 0.4) is 0 Å². The minimum Gasteiger partial charge on any atom is -0.493 e. The van der Waals surface area contributed by atoms with Gasteiger partial charge >= 0.3 is 5.69 Å². The minimum absolute atomic E-state index is 0.0743. The van der Waals surface area contributed by atoms with Gasteiger partial charge in [-0.05, 0) is 31.5 Å². The van der Waals surface area contributed by atoms with Crippen molar-refractivity contribution in [3.05, 3.63) is 63.2 Å². The molecule has 0 aromatic heterocycles. The monoisotopic (exact) mass is 371 g/mol. The molecule has 142 valence electrons. The zero-order chi connectivity index (χ0) is 19.8. The lowest BCUT2D eigenvalue weighted by molar-refractivity contribution is -0.386. The SMILES string of the molecule is CCCOc1c(OC)cc(/C=N\NC(=O)c2ccc(C)cc2)cc1[N+](=O)[O-]. The Morgan fingerprint density at radius 3 is 2.59 bits per heavy atom. The highest BCUT2D eigenvalue weighted by atomic mass is 16.6. The molecule has 0 saturated heterocycles. The van der Waals surface area contributed by atoms with Gasteiger partial charge in [-0.3, -0.25) is 14.9 Å². The first-order chi connectivity index (χ1) is 13.0. The highest BCUT2D eigenvalue weighted by molar-refractivity contribution is 5.95. The van der Waals surface area contributed by atoms with E-state index in [2.05, 4.69) is 10.5 Å². The average Bonchev–Trinajstić information content (AvgIpc) is 2.66. The van der Waals surface area contributed by atoms with Crippen molar-refractivity contribution in [2.75, 3.05) is 13.7 Å². The van der Waals surface area contributed by atoms with E-state index in [1.54, 1.807) is 18.2 Å². The van der Waals surface area contributed by atoms with Crippen LogP contribution in [0, 0.1) is 17.0 Å². The van der Waals surface area contributed by atoms with Crippen molar-refractivity contribution in [1.29, 1.82) is 0 Å². The van der Waals surface area contributed by atoms with Gasteiger partial charge < -0.3 is 9.47 Å². The summed E-state index contributed by atoms with van der Waals surface area (Å²) in [6, 6.07) is 9.89. The number of hydrogen-bond donors (Lipinski definition) is 1. The maximum atomic E-state index is 12.0. The number of amides is 1. The standard InChI is InChI=1S/C19H21N3O5/c1-4-9-27-18-16(22(24)25)10-14(11-17(18)26-3)12-20-21-19(23)15-7-5-13(2)6-8-15/h5-8,10-12H,4,9H2,1-3H3,(H,21,23)/b20-12-. The maximum absolute atomic E-state index is 12.0. The summed E-state index contributed by atoms with van der Waals surface area (Å²) in [6.07, 6.45) is 2.01. The summed E-state index contributed by atoms with van der Waals surface area (Å²) in [5.74, 6) is -0.0789. The van der Waals surface area contributed by atoms with Crippen molar-refractivity contribution in [3.63, 3.8) is 0 Å². The Labute approximate surface area is 157 Å². The van der Waals surface area contributed by atoms with E-state index in [-0.39, 0.29) is 23.1 Å². The second-order valence-corrected chi connectivity index (χ2v) is 5.74. The molecule has 0 unspecified atom stereocenters. The normalized spacial score (nSPS) is 10.6. The van der Waals surface area contributed by atoms with Crippen LogP contribution in [-0.4, -0.2) is 30.8 Å². The lowest BCUT2D eigenvalue weighted by Gasteiger charge is -2.11. The third-order valence-corrected chi connectivity index (χ3v) is 3.62. The van der Waals surface area contributed by atoms with Gasteiger partial charge in [-0.15, -0.1) is 0 Å². The van der Waals surface area contributed by atoms with Crippen LogP contribution in [0.25, 0.3) is 0 Å². The van der Waals surface area contributed by atoms with E-state index in [4.69, 9.17) is 9.47 Å². The summed E-state index contributed by atoms with van der Waals surface area (Å²) >= 11 is 0. The highest BCUT2D eigenvalue weighted by Gasteiger charge is 2.21. The third kappa shape index (κ3) is 5.27. The number of nitro benzene ring substituents is 1. The molecule has 0 radical (unpaired) electrons. The van der Waals surface area contributed by atoms with Crippen LogP contribution in [0.5, 0.6) is 11.5 Å². The molecule has 8 nitrogen and oxygen atoms in total. The summed E-state index contributed by atoms with van der Waals surface area (Å²) in [5, 5.41) is 15.2. The van der Waals surface area contributed by atoms with Crippen LogP contribution in [0.15, 0.2) is 41.5 Å². The van der Waals surface area contributed by atoms with E-state index in [0.717, 1.165) is 5.56 Å². The summed E-state index contributed by atoms with van der Waals surface area (Å²) < 4.78 is 10.7. The molecule has 0 aliphatic rings. The Bertz CT molecular complexity index is 847. The first-order valence-corrected chi connectivity index (χ1v) is 8.35. The van der Waals surface area contributed by atoms with Gasteiger partial charge in [-0.2, -0.15) is 5.10 Å². The van der Waals surface area contributed by atoms with Gasteiger partial charge in [0.2, 0.25) is 5.75 Å². The van der Waals surface area contributed by atoms with Gasteiger partial charge in [0.1, 0.15) is 0 Å². The van der Waals surface area contributed by atoms with Gasteiger partial charge in [0.15, 0.2) is 5.75 Å². The molecule has 0 atom stereocenters. The Kier molecular flexibility index (Phi) is 6.87. The number of hydrogen-bond acceptors (Lipinski definition) is 6. The number of benzene rings is 2. The van der Waals surface area contributed by atoms with Crippen LogP contribution in [0.1, 0.15) is 34.8 Å². The number of rotatable bonds is 8. The van der Waals surface area contributed by atoms with E-state index in [9.17, 15) is 14.9 Å². The zero-order valence-electron chi connectivity index (χ0n) is 15.4. The van der Waals surface area contributed by atoms with Crippen LogP contribution in [0.4, 0.5) is 5.69 Å². The number of methoxy groups -OCH3 is 1. The molecule has 2 aromatic rings. The first-order valence-electron chi connectivity index (χ1n) is 8.35. The van der Waals surface area contributed by atoms with E-state index in [0.29, 0.717) is 24.2 Å². The second kappa shape index (κ2) is 9.33. The number of aryl methyl sites for hydroxylation is 1. The summed E-state index contributed by atoms with van der Waals surface area (Å²) in [7, 11) is 1.40. The maximum Gasteiger partial charge on any atom is 0.315 e. The van der Waals surface area contributed by atoms with Crippen molar-refractivity contribution in [2.24, 2.45) is 5.10 Å². The third-order valence-electron chi connectivity index (χ3n) is 3.62. The Morgan fingerprint density at radius 1 is 1.30 bits per heavy atom. The molecule has 0 aliphatic carbocycles. The summed E-state index contributed by atoms with van der Waals surface area (Å²) in [5.41, 5.74) is 4.06. The molecule has 0 heterocycles. The molecule has 0 saturated carbocycles. The molecule has 1 amide bonds. The fraction of sp³-hybridized carbons (Fsp3) is 0.263. The quantitative estimate of drug-likeness (QED) is 0.435. The van der Waals surface area contributed by atoms with Crippen molar-refractivity contribution < 1.29 is 19.2 Å². The molecule has 0 bridgehead atoms. The van der Waals surface area contributed by atoms with Crippen molar-refractivity contribution in [2.45, 2.75) is 20.3 Å². The number of nitrogens with zero attached hydrogens (tertiary/aromatic N) is 2. The number of hydrazone groups is 1. The second-order valence-electron chi connectivity index (χ2n) is 5.74. The lowest BCUT2D eigenvalue weighted by Crippen LogP contribution is -2.17.